The van der Waals surface area contributed by atoms with Crippen LogP contribution in [0.15, 0.2) is 59.0 Å². The Morgan fingerprint density at radius 3 is 2.53 bits per heavy atom. The minimum Gasteiger partial charge on any atom is -0.491 e. The molecule has 1 N–H and O–H groups in total. The zero-order chi connectivity index (χ0) is 22.9. The Morgan fingerprint density at radius 1 is 1.12 bits per heavy atom. The number of amides is 1. The molecule has 7 nitrogen and oxygen atoms in total. The predicted molar refractivity (Wildman–Crippen MR) is 128 cm³/mol. The van der Waals surface area contributed by atoms with E-state index in [0.717, 1.165) is 24.3 Å². The van der Waals surface area contributed by atoms with Crippen molar-refractivity contribution >= 4 is 18.5 Å². The number of rotatable bonds is 11. The van der Waals surface area contributed by atoms with E-state index in [4.69, 9.17) is 9.15 Å². The van der Waals surface area contributed by atoms with Crippen LogP contribution >= 0.6 is 12.6 Å². The number of nitrogens with zero attached hydrogens (tertiary/aromatic N) is 3. The van der Waals surface area contributed by atoms with Crippen LogP contribution in [0.2, 0.25) is 0 Å². The van der Waals surface area contributed by atoms with E-state index in [2.05, 4.69) is 33.0 Å². The molecule has 0 fully saturated rings. The first-order valence-corrected chi connectivity index (χ1v) is 11.2. The number of aromatic nitrogens is 2. The Labute approximate surface area is 194 Å². The van der Waals surface area contributed by atoms with Crippen molar-refractivity contribution < 1.29 is 13.9 Å². The zero-order valence-corrected chi connectivity index (χ0v) is 19.6. The number of nitrogens with one attached hydrogen (secondary N) is 1. The molecule has 1 heterocycles. The van der Waals surface area contributed by atoms with Gasteiger partial charge in [-0.15, -0.1) is 10.2 Å². The van der Waals surface area contributed by atoms with Crippen molar-refractivity contribution in [3.05, 3.63) is 66.1 Å². The van der Waals surface area contributed by atoms with Crippen LogP contribution in [0.1, 0.15) is 41.3 Å². The van der Waals surface area contributed by atoms with Gasteiger partial charge in [0.1, 0.15) is 5.75 Å². The fourth-order valence-electron chi connectivity index (χ4n) is 3.14. The standard InChI is InChI=1S/C24H30N4O3S/c1-17(30-20-8-5-4-6-9-20)16-21(32)24-27-26-23(31-24)19-12-10-18(11-13-19)22(29)25-14-7-15-28(2)3/h4-6,8-13,17,21,32H,7,14-16H2,1-3H3,(H,25,29). The van der Waals surface area contributed by atoms with Crippen LogP contribution in [0.4, 0.5) is 0 Å². The first-order chi connectivity index (χ1) is 15.4. The molecule has 0 aliphatic rings. The molecule has 170 valence electrons. The molecule has 1 aromatic heterocycles. The summed E-state index contributed by atoms with van der Waals surface area (Å²) in [7, 11) is 4.02. The first-order valence-electron chi connectivity index (χ1n) is 10.7. The summed E-state index contributed by atoms with van der Waals surface area (Å²) in [4.78, 5) is 14.4. The fourth-order valence-corrected chi connectivity index (χ4v) is 3.55. The van der Waals surface area contributed by atoms with Gasteiger partial charge in [-0.2, -0.15) is 12.6 Å². The van der Waals surface area contributed by atoms with Crippen LogP contribution in [0.5, 0.6) is 5.75 Å². The van der Waals surface area contributed by atoms with E-state index in [0.29, 0.717) is 30.3 Å². The lowest BCUT2D eigenvalue weighted by Crippen LogP contribution is -2.27. The highest BCUT2D eigenvalue weighted by atomic mass is 32.1. The number of hydrogen-bond donors (Lipinski definition) is 2. The molecule has 0 spiro atoms. The highest BCUT2D eigenvalue weighted by Gasteiger charge is 2.19. The quantitative estimate of drug-likeness (QED) is 0.333. The second-order valence-corrected chi connectivity index (χ2v) is 8.55. The van der Waals surface area contributed by atoms with Crippen molar-refractivity contribution in [2.24, 2.45) is 0 Å². The van der Waals surface area contributed by atoms with E-state index in [1.165, 1.54) is 0 Å². The SMILES string of the molecule is CC(CC(S)c1nnc(-c2ccc(C(=O)NCCCN(C)C)cc2)o1)Oc1ccccc1. The Bertz CT molecular complexity index is 976. The van der Waals surface area contributed by atoms with Crippen LogP contribution in [0.3, 0.4) is 0 Å². The number of ether oxygens (including phenoxy) is 1. The summed E-state index contributed by atoms with van der Waals surface area (Å²) in [6.07, 6.45) is 1.46. The van der Waals surface area contributed by atoms with Crippen molar-refractivity contribution in [1.82, 2.24) is 20.4 Å². The summed E-state index contributed by atoms with van der Waals surface area (Å²) >= 11 is 4.62. The number of para-hydroxylation sites is 1. The molecule has 3 aromatic rings. The topological polar surface area (TPSA) is 80.5 Å². The number of carbonyl (C=O) groups excluding carboxylic acids is 1. The summed E-state index contributed by atoms with van der Waals surface area (Å²) in [5.41, 5.74) is 1.35. The van der Waals surface area contributed by atoms with Gasteiger partial charge in [-0.3, -0.25) is 4.79 Å². The molecule has 1 amide bonds. The molecule has 3 rings (SSSR count). The van der Waals surface area contributed by atoms with Gasteiger partial charge in [-0.25, -0.2) is 0 Å². The first kappa shape index (κ1) is 23.8. The van der Waals surface area contributed by atoms with Gasteiger partial charge in [0.05, 0.1) is 11.4 Å². The Morgan fingerprint density at radius 2 is 1.84 bits per heavy atom. The lowest BCUT2D eigenvalue weighted by atomic mass is 10.1. The number of hydrogen-bond acceptors (Lipinski definition) is 7. The van der Waals surface area contributed by atoms with E-state index in [-0.39, 0.29) is 17.3 Å². The summed E-state index contributed by atoms with van der Waals surface area (Å²) in [5, 5.41) is 11.0. The second kappa shape index (κ2) is 11.7. The molecule has 0 bridgehead atoms. The zero-order valence-electron chi connectivity index (χ0n) is 18.7. The Balaban J connectivity index is 1.53. The van der Waals surface area contributed by atoms with Crippen LogP contribution < -0.4 is 10.1 Å². The molecule has 8 heteroatoms. The van der Waals surface area contributed by atoms with Gasteiger partial charge >= 0.3 is 0 Å². The third kappa shape index (κ3) is 7.10. The summed E-state index contributed by atoms with van der Waals surface area (Å²) in [6, 6.07) is 16.8. The van der Waals surface area contributed by atoms with Crippen molar-refractivity contribution in [3.63, 3.8) is 0 Å². The van der Waals surface area contributed by atoms with Crippen molar-refractivity contribution in [2.45, 2.75) is 31.1 Å². The third-order valence-corrected chi connectivity index (χ3v) is 5.25. The van der Waals surface area contributed by atoms with Gasteiger partial charge in [-0.1, -0.05) is 18.2 Å². The molecule has 0 aliphatic carbocycles. The highest BCUT2D eigenvalue weighted by Crippen LogP contribution is 2.28. The van der Waals surface area contributed by atoms with Crippen LogP contribution in [0, 0.1) is 0 Å². The molecular formula is C24H30N4O3S. The van der Waals surface area contributed by atoms with Crippen LogP contribution in [-0.4, -0.2) is 54.3 Å². The molecule has 32 heavy (non-hydrogen) atoms. The van der Waals surface area contributed by atoms with E-state index in [1.807, 2.05) is 51.4 Å². The molecule has 2 unspecified atom stereocenters. The maximum absolute atomic E-state index is 12.3. The lowest BCUT2D eigenvalue weighted by Gasteiger charge is -2.16. The van der Waals surface area contributed by atoms with Crippen molar-refractivity contribution in [1.29, 1.82) is 0 Å². The average molecular weight is 455 g/mol. The average Bonchev–Trinajstić information content (AvgIpc) is 3.28. The normalized spacial score (nSPS) is 13.0. The van der Waals surface area contributed by atoms with E-state index >= 15 is 0 Å². The molecule has 2 aromatic carbocycles. The van der Waals surface area contributed by atoms with Crippen molar-refractivity contribution in [3.8, 4) is 17.2 Å². The van der Waals surface area contributed by atoms with Gasteiger partial charge in [0.25, 0.3) is 5.91 Å². The van der Waals surface area contributed by atoms with E-state index in [1.54, 1.807) is 24.3 Å². The van der Waals surface area contributed by atoms with Gasteiger partial charge < -0.3 is 19.4 Å². The van der Waals surface area contributed by atoms with Crippen LogP contribution in [0.25, 0.3) is 11.5 Å². The second-order valence-electron chi connectivity index (χ2n) is 7.93. The van der Waals surface area contributed by atoms with Crippen molar-refractivity contribution in [2.75, 3.05) is 27.2 Å². The smallest absolute Gasteiger partial charge is 0.251 e. The molecule has 0 radical (unpaired) electrons. The number of carbonyl (C=O) groups is 1. The fraction of sp³-hybridized carbons (Fsp3) is 0.375. The molecular weight excluding hydrogens is 424 g/mol. The summed E-state index contributed by atoms with van der Waals surface area (Å²) < 4.78 is 11.7. The lowest BCUT2D eigenvalue weighted by molar-refractivity contribution is 0.0952. The summed E-state index contributed by atoms with van der Waals surface area (Å²) in [6.45, 7) is 3.56. The monoisotopic (exact) mass is 454 g/mol. The maximum atomic E-state index is 12.3. The third-order valence-electron chi connectivity index (χ3n) is 4.82. The minimum absolute atomic E-state index is 0.0641. The maximum Gasteiger partial charge on any atom is 0.251 e. The van der Waals surface area contributed by atoms with E-state index in [9.17, 15) is 4.79 Å². The van der Waals surface area contributed by atoms with Gasteiger partial charge in [0.2, 0.25) is 11.8 Å². The molecule has 0 aliphatic heterocycles. The highest BCUT2D eigenvalue weighted by molar-refractivity contribution is 7.80. The molecule has 0 saturated carbocycles. The van der Waals surface area contributed by atoms with Gasteiger partial charge in [0.15, 0.2) is 0 Å². The van der Waals surface area contributed by atoms with Crippen LogP contribution in [-0.2, 0) is 0 Å². The summed E-state index contributed by atoms with van der Waals surface area (Å²) in [5.74, 6) is 1.56. The number of benzene rings is 2. The largest absolute Gasteiger partial charge is 0.491 e. The number of thiol groups is 1. The van der Waals surface area contributed by atoms with Gasteiger partial charge in [0, 0.05) is 24.1 Å². The molecule has 0 saturated heterocycles. The molecule has 2 atom stereocenters. The minimum atomic E-state index is -0.248. The predicted octanol–water partition coefficient (Wildman–Crippen LogP) is 4.25. The van der Waals surface area contributed by atoms with Gasteiger partial charge in [-0.05, 0) is 70.4 Å². The Hall–Kier alpha value is -2.84. The van der Waals surface area contributed by atoms with E-state index < -0.39 is 0 Å². The Kier molecular flexibility index (Phi) is 8.70.